The van der Waals surface area contributed by atoms with Gasteiger partial charge in [-0.25, -0.2) is 4.39 Å². The smallest absolute Gasteiger partial charge is 0.290 e. The number of methoxy groups -OCH3 is 2. The Hall–Kier alpha value is -3.39. The van der Waals surface area contributed by atoms with Crippen molar-refractivity contribution in [3.05, 3.63) is 69.3 Å². The molecule has 4 rings (SSSR count). The topological polar surface area (TPSA) is 78.2 Å². The van der Waals surface area contributed by atoms with Crippen LogP contribution >= 0.6 is 0 Å². The van der Waals surface area contributed by atoms with Gasteiger partial charge in [0, 0.05) is 13.7 Å². The third kappa shape index (κ3) is 4.89. The van der Waals surface area contributed by atoms with Gasteiger partial charge in [0.25, 0.3) is 5.91 Å². The molecule has 0 radical (unpaired) electrons. The summed E-state index contributed by atoms with van der Waals surface area (Å²) in [7, 11) is 3.09. The summed E-state index contributed by atoms with van der Waals surface area (Å²) >= 11 is 0. The Balaban J connectivity index is 1.76. The van der Waals surface area contributed by atoms with Crippen LogP contribution in [0.25, 0.3) is 11.0 Å². The van der Waals surface area contributed by atoms with Crippen LogP contribution < -0.4 is 14.9 Å². The van der Waals surface area contributed by atoms with E-state index in [1.165, 1.54) is 17.0 Å². The first-order chi connectivity index (χ1) is 17.0. The predicted octanol–water partition coefficient (Wildman–Crippen LogP) is 5.09. The Morgan fingerprint density at radius 2 is 1.83 bits per heavy atom. The lowest BCUT2D eigenvalue weighted by atomic mass is 9.98. The van der Waals surface area contributed by atoms with Gasteiger partial charge in [0.2, 0.25) is 5.76 Å². The Labute approximate surface area is 203 Å². The van der Waals surface area contributed by atoms with Crippen molar-refractivity contribution >= 4 is 16.9 Å². The minimum atomic E-state index is -0.732. The molecule has 7 nitrogen and oxygen atoms in total. The minimum Gasteiger partial charge on any atom is -0.493 e. The maximum absolute atomic E-state index is 13.9. The number of benzene rings is 2. The molecule has 186 valence electrons. The fourth-order valence-electron chi connectivity index (χ4n) is 4.44. The van der Waals surface area contributed by atoms with Gasteiger partial charge in [-0.05, 0) is 42.3 Å². The zero-order valence-electron chi connectivity index (χ0n) is 20.3. The fraction of sp³-hybridized carbons (Fsp3) is 0.407. The van der Waals surface area contributed by atoms with Crippen LogP contribution in [0.5, 0.6) is 11.5 Å². The van der Waals surface area contributed by atoms with Gasteiger partial charge in [-0.15, -0.1) is 0 Å². The normalized spacial score (nSPS) is 15.0. The number of carbonyl (C=O) groups excluding carboxylic acids is 1. The maximum Gasteiger partial charge on any atom is 0.290 e. The first kappa shape index (κ1) is 24.7. The quantitative estimate of drug-likeness (QED) is 0.354. The van der Waals surface area contributed by atoms with E-state index >= 15 is 0 Å². The van der Waals surface area contributed by atoms with Crippen LogP contribution in [0, 0.1) is 5.82 Å². The summed E-state index contributed by atoms with van der Waals surface area (Å²) in [5, 5.41) is 0.0918. The zero-order valence-corrected chi connectivity index (χ0v) is 20.3. The summed E-state index contributed by atoms with van der Waals surface area (Å²) in [4.78, 5) is 28.3. The highest BCUT2D eigenvalue weighted by Crippen LogP contribution is 2.40. The molecule has 0 spiro atoms. The molecule has 2 aromatic carbocycles. The summed E-state index contributed by atoms with van der Waals surface area (Å²) < 4.78 is 36.4. The molecule has 0 bridgehead atoms. The van der Waals surface area contributed by atoms with E-state index in [9.17, 15) is 14.0 Å². The van der Waals surface area contributed by atoms with E-state index in [1.54, 1.807) is 26.4 Å². The molecule has 1 atom stereocenters. The highest BCUT2D eigenvalue weighted by atomic mass is 19.1. The third-order valence-corrected chi connectivity index (χ3v) is 6.22. The maximum atomic E-state index is 13.9. The molecule has 1 aromatic heterocycles. The van der Waals surface area contributed by atoms with Crippen molar-refractivity contribution in [2.75, 3.05) is 34.0 Å². The summed E-state index contributed by atoms with van der Waals surface area (Å²) in [6.45, 7) is 3.24. The van der Waals surface area contributed by atoms with E-state index in [-0.39, 0.29) is 35.4 Å². The van der Waals surface area contributed by atoms with Gasteiger partial charge in [0.15, 0.2) is 16.9 Å². The second-order valence-corrected chi connectivity index (χ2v) is 8.53. The van der Waals surface area contributed by atoms with Crippen molar-refractivity contribution in [2.24, 2.45) is 0 Å². The summed E-state index contributed by atoms with van der Waals surface area (Å²) in [6, 6.07) is 8.33. The molecule has 0 saturated heterocycles. The van der Waals surface area contributed by atoms with Crippen molar-refractivity contribution in [2.45, 2.75) is 38.6 Å². The number of fused-ring (bicyclic) bond motifs is 2. The number of unbranched alkanes of at least 4 members (excludes halogenated alkanes) is 3. The molecule has 0 saturated carbocycles. The van der Waals surface area contributed by atoms with E-state index in [2.05, 4.69) is 6.92 Å². The number of amides is 1. The lowest BCUT2D eigenvalue weighted by Crippen LogP contribution is -2.32. The van der Waals surface area contributed by atoms with E-state index in [1.807, 2.05) is 6.07 Å². The van der Waals surface area contributed by atoms with E-state index in [4.69, 9.17) is 18.6 Å². The monoisotopic (exact) mass is 483 g/mol. The van der Waals surface area contributed by atoms with Crippen LogP contribution in [0.2, 0.25) is 0 Å². The van der Waals surface area contributed by atoms with Crippen LogP contribution in [-0.2, 0) is 4.74 Å². The molecule has 3 aromatic rings. The van der Waals surface area contributed by atoms with E-state index in [0.717, 1.165) is 31.7 Å². The Bertz CT molecular complexity index is 1270. The van der Waals surface area contributed by atoms with Crippen molar-refractivity contribution in [3.8, 4) is 11.5 Å². The molecule has 1 aliphatic heterocycles. The second kappa shape index (κ2) is 10.9. The first-order valence-electron chi connectivity index (χ1n) is 11.9. The van der Waals surface area contributed by atoms with E-state index in [0.29, 0.717) is 23.7 Å². The molecule has 1 aliphatic rings. The zero-order chi connectivity index (χ0) is 24.9. The number of rotatable bonds is 11. The number of hydrogen-bond donors (Lipinski definition) is 0. The van der Waals surface area contributed by atoms with Gasteiger partial charge in [-0.1, -0.05) is 32.3 Å². The predicted molar refractivity (Wildman–Crippen MR) is 130 cm³/mol. The van der Waals surface area contributed by atoms with Crippen molar-refractivity contribution < 1.29 is 27.8 Å². The van der Waals surface area contributed by atoms with Crippen molar-refractivity contribution in [1.29, 1.82) is 0 Å². The van der Waals surface area contributed by atoms with Gasteiger partial charge >= 0.3 is 0 Å². The lowest BCUT2D eigenvalue weighted by Gasteiger charge is -2.25. The number of carbonyl (C=O) groups is 1. The molecule has 0 fully saturated rings. The first-order valence-corrected chi connectivity index (χ1v) is 11.9. The van der Waals surface area contributed by atoms with Crippen LogP contribution in [0.15, 0.2) is 45.6 Å². The summed E-state index contributed by atoms with van der Waals surface area (Å²) in [6.07, 6.45) is 4.34. The molecular formula is C27H30FNO6. The number of nitrogens with zero attached hydrogens (tertiary/aromatic N) is 1. The molecule has 0 N–H and O–H groups in total. The number of hydrogen-bond acceptors (Lipinski definition) is 6. The summed E-state index contributed by atoms with van der Waals surface area (Å²) in [5.74, 6) is 0.0881. The molecule has 1 amide bonds. The second-order valence-electron chi connectivity index (χ2n) is 8.53. The molecule has 35 heavy (non-hydrogen) atoms. The van der Waals surface area contributed by atoms with Crippen molar-refractivity contribution in [1.82, 2.24) is 4.90 Å². The minimum absolute atomic E-state index is 0.0366. The van der Waals surface area contributed by atoms with Gasteiger partial charge in [-0.2, -0.15) is 0 Å². The molecule has 0 aliphatic carbocycles. The van der Waals surface area contributed by atoms with Crippen LogP contribution in [0.3, 0.4) is 0 Å². The fourth-order valence-corrected chi connectivity index (χ4v) is 4.44. The van der Waals surface area contributed by atoms with Crippen LogP contribution in [0.4, 0.5) is 4.39 Å². The van der Waals surface area contributed by atoms with Gasteiger partial charge in [-0.3, -0.25) is 9.59 Å². The highest BCUT2D eigenvalue weighted by Gasteiger charge is 2.42. The Kier molecular flexibility index (Phi) is 7.70. The van der Waals surface area contributed by atoms with Gasteiger partial charge < -0.3 is 23.5 Å². The Morgan fingerprint density at radius 1 is 1.00 bits per heavy atom. The molecular weight excluding hydrogens is 453 g/mol. The largest absolute Gasteiger partial charge is 0.493 e. The Morgan fingerprint density at radius 3 is 2.57 bits per heavy atom. The van der Waals surface area contributed by atoms with Gasteiger partial charge in [0.1, 0.15) is 11.4 Å². The average molecular weight is 484 g/mol. The van der Waals surface area contributed by atoms with Crippen LogP contribution in [0.1, 0.15) is 60.3 Å². The number of ether oxygens (including phenoxy) is 3. The standard InChI is InChI=1S/C27H30FNO6/c1-4-5-6-7-13-34-21-10-8-17(15-22(21)33-3)24-23-25(30)19-16-18(28)9-11-20(19)35-26(23)27(31)29(24)12-14-32-2/h8-11,15-16,24H,4-7,12-14H2,1-3H3. The SMILES string of the molecule is CCCCCCOc1ccc(C2c3c(oc4ccc(F)cc4c3=O)C(=O)N2CCOC)cc1OC. The highest BCUT2D eigenvalue weighted by molar-refractivity contribution is 5.99. The molecule has 2 heterocycles. The lowest BCUT2D eigenvalue weighted by molar-refractivity contribution is 0.0663. The number of halogens is 1. The van der Waals surface area contributed by atoms with Crippen molar-refractivity contribution in [3.63, 3.8) is 0 Å². The van der Waals surface area contributed by atoms with Crippen LogP contribution in [-0.4, -0.2) is 44.8 Å². The molecule has 1 unspecified atom stereocenters. The average Bonchev–Trinajstić information content (AvgIpc) is 3.14. The third-order valence-electron chi connectivity index (χ3n) is 6.22. The van der Waals surface area contributed by atoms with Gasteiger partial charge in [0.05, 0.1) is 37.3 Å². The summed E-state index contributed by atoms with van der Waals surface area (Å²) in [5.41, 5.74) is 0.570. The molecule has 8 heteroatoms. The van der Waals surface area contributed by atoms with E-state index < -0.39 is 23.2 Å².